The monoisotopic (exact) mass is 157 g/mol. The fourth-order valence-electron chi connectivity index (χ4n) is 1.56. The van der Waals surface area contributed by atoms with Crippen LogP contribution in [0.25, 0.3) is 0 Å². The molecule has 3 atom stereocenters. The van der Waals surface area contributed by atoms with Crippen LogP contribution in [0.2, 0.25) is 0 Å². The number of hydrogen-bond acceptors (Lipinski definition) is 3. The van der Waals surface area contributed by atoms with Crippen LogP contribution in [0, 0.1) is 5.92 Å². The molecule has 0 aromatic carbocycles. The van der Waals surface area contributed by atoms with Gasteiger partial charge in [0.15, 0.2) is 0 Å². The van der Waals surface area contributed by atoms with E-state index in [1.54, 1.807) is 6.92 Å². The van der Waals surface area contributed by atoms with Crippen molar-refractivity contribution in [1.29, 1.82) is 0 Å². The summed E-state index contributed by atoms with van der Waals surface area (Å²) in [6.07, 6.45) is 1.72. The quantitative estimate of drug-likeness (QED) is 0.566. The number of carbonyl (C=O) groups excluding carboxylic acids is 1. The molecule has 3 nitrogen and oxygen atoms in total. The van der Waals surface area contributed by atoms with E-state index in [0.717, 1.165) is 6.42 Å². The van der Waals surface area contributed by atoms with Crippen LogP contribution in [0.1, 0.15) is 26.2 Å². The number of rotatable bonds is 1. The molecule has 0 saturated heterocycles. The predicted octanol–water partition coefficient (Wildman–Crippen LogP) is 0.0637. The minimum absolute atomic E-state index is 0.0911. The van der Waals surface area contributed by atoms with E-state index in [1.165, 1.54) is 0 Å². The predicted molar refractivity (Wildman–Crippen MR) is 42.0 cm³/mol. The van der Waals surface area contributed by atoms with E-state index in [2.05, 4.69) is 0 Å². The van der Waals surface area contributed by atoms with Gasteiger partial charge in [-0.2, -0.15) is 0 Å². The van der Waals surface area contributed by atoms with Crippen molar-refractivity contribution in [2.45, 2.75) is 38.3 Å². The van der Waals surface area contributed by atoms with Crippen LogP contribution in [0.3, 0.4) is 0 Å². The lowest BCUT2D eigenvalue weighted by atomic mass is 9.82. The number of nitrogens with two attached hydrogens (primary N) is 1. The molecule has 3 heteroatoms. The van der Waals surface area contributed by atoms with E-state index in [4.69, 9.17) is 5.73 Å². The summed E-state index contributed by atoms with van der Waals surface area (Å²) >= 11 is 0. The van der Waals surface area contributed by atoms with Crippen molar-refractivity contribution in [2.24, 2.45) is 11.7 Å². The number of hydrogen-bond donors (Lipinski definition) is 2. The van der Waals surface area contributed by atoms with Gasteiger partial charge in [0.1, 0.15) is 5.78 Å². The van der Waals surface area contributed by atoms with Crippen LogP contribution >= 0.6 is 0 Å². The Hall–Kier alpha value is -0.410. The van der Waals surface area contributed by atoms with Crippen molar-refractivity contribution in [3.05, 3.63) is 0 Å². The number of Topliss-reactive ketones (excluding diaryl/α,β-unsaturated/α-hetero) is 1. The first-order valence-electron chi connectivity index (χ1n) is 4.05. The van der Waals surface area contributed by atoms with Crippen LogP contribution in [-0.2, 0) is 4.79 Å². The Bertz CT molecular complexity index is 158. The second kappa shape index (κ2) is 3.32. The Kier molecular flexibility index (Phi) is 2.62. The van der Waals surface area contributed by atoms with E-state index in [-0.39, 0.29) is 17.7 Å². The van der Waals surface area contributed by atoms with Crippen molar-refractivity contribution < 1.29 is 9.90 Å². The molecule has 1 aliphatic rings. The molecule has 0 radical (unpaired) electrons. The highest BCUT2D eigenvalue weighted by atomic mass is 16.3. The third kappa shape index (κ3) is 2.01. The molecule has 0 aliphatic heterocycles. The molecule has 1 fully saturated rings. The summed E-state index contributed by atoms with van der Waals surface area (Å²) in [5.74, 6) is 0.292. The summed E-state index contributed by atoms with van der Waals surface area (Å²) in [6.45, 7) is 1.59. The van der Waals surface area contributed by atoms with Gasteiger partial charge in [-0.3, -0.25) is 4.79 Å². The van der Waals surface area contributed by atoms with E-state index in [9.17, 15) is 9.90 Å². The Labute approximate surface area is 66.6 Å². The molecule has 1 rings (SSSR count). The molecule has 0 heterocycles. The molecule has 1 aliphatic carbocycles. The van der Waals surface area contributed by atoms with Crippen LogP contribution in [0.4, 0.5) is 0 Å². The van der Waals surface area contributed by atoms with Gasteiger partial charge in [0.25, 0.3) is 0 Å². The van der Waals surface area contributed by atoms with Crippen LogP contribution in [0.5, 0.6) is 0 Å². The standard InChI is InChI=1S/C8H15NO2/c1-5(10)6-2-3-8(11)7(9)4-6/h6-8,11H,2-4,9H2,1H3. The highest BCUT2D eigenvalue weighted by Crippen LogP contribution is 2.23. The van der Waals surface area contributed by atoms with Crippen molar-refractivity contribution in [2.75, 3.05) is 0 Å². The van der Waals surface area contributed by atoms with Crippen LogP contribution in [0.15, 0.2) is 0 Å². The van der Waals surface area contributed by atoms with E-state index < -0.39 is 6.10 Å². The summed E-state index contributed by atoms with van der Waals surface area (Å²) < 4.78 is 0. The largest absolute Gasteiger partial charge is 0.392 e. The molecular formula is C8H15NO2. The summed E-state index contributed by atoms with van der Waals surface area (Å²) in [4.78, 5) is 10.9. The maximum Gasteiger partial charge on any atom is 0.132 e. The maximum atomic E-state index is 10.9. The Balaban J connectivity index is 2.46. The average molecular weight is 157 g/mol. The number of carbonyl (C=O) groups is 1. The first-order chi connectivity index (χ1) is 5.11. The number of ketones is 1. The molecular weight excluding hydrogens is 142 g/mol. The van der Waals surface area contributed by atoms with Crippen LogP contribution in [-0.4, -0.2) is 23.0 Å². The summed E-state index contributed by atoms with van der Waals surface area (Å²) in [6, 6.07) is -0.197. The fraction of sp³-hybridized carbons (Fsp3) is 0.875. The second-order valence-electron chi connectivity index (χ2n) is 3.35. The Morgan fingerprint density at radius 1 is 1.55 bits per heavy atom. The SMILES string of the molecule is CC(=O)C1CCC(O)C(N)C1. The Morgan fingerprint density at radius 3 is 2.64 bits per heavy atom. The van der Waals surface area contributed by atoms with E-state index >= 15 is 0 Å². The third-order valence-electron chi connectivity index (χ3n) is 2.44. The number of aliphatic hydroxyl groups is 1. The zero-order valence-electron chi connectivity index (χ0n) is 6.79. The maximum absolute atomic E-state index is 10.9. The summed E-state index contributed by atoms with van der Waals surface area (Å²) in [5, 5.41) is 9.24. The van der Waals surface area contributed by atoms with Gasteiger partial charge < -0.3 is 10.8 Å². The molecule has 0 spiro atoms. The van der Waals surface area contributed by atoms with Crippen LogP contribution < -0.4 is 5.73 Å². The second-order valence-corrected chi connectivity index (χ2v) is 3.35. The molecule has 0 amide bonds. The van der Waals surface area contributed by atoms with Crippen molar-refractivity contribution in [1.82, 2.24) is 0 Å². The molecule has 11 heavy (non-hydrogen) atoms. The summed E-state index contributed by atoms with van der Waals surface area (Å²) in [7, 11) is 0. The van der Waals surface area contributed by atoms with Crippen molar-refractivity contribution in [3.8, 4) is 0 Å². The zero-order chi connectivity index (χ0) is 8.43. The van der Waals surface area contributed by atoms with Crippen molar-refractivity contribution >= 4 is 5.78 Å². The smallest absolute Gasteiger partial charge is 0.132 e. The van der Waals surface area contributed by atoms with E-state index in [0.29, 0.717) is 12.8 Å². The van der Waals surface area contributed by atoms with Gasteiger partial charge >= 0.3 is 0 Å². The van der Waals surface area contributed by atoms with Gasteiger partial charge in [0.2, 0.25) is 0 Å². The average Bonchev–Trinajstić information content (AvgIpc) is 1.94. The molecule has 3 N–H and O–H groups in total. The molecule has 3 unspecified atom stereocenters. The van der Waals surface area contributed by atoms with Gasteiger partial charge in [0, 0.05) is 12.0 Å². The molecule has 0 bridgehead atoms. The third-order valence-corrected chi connectivity index (χ3v) is 2.44. The molecule has 64 valence electrons. The molecule has 0 aromatic rings. The lowest BCUT2D eigenvalue weighted by molar-refractivity contribution is -0.122. The zero-order valence-corrected chi connectivity index (χ0v) is 6.79. The normalized spacial score (nSPS) is 38.6. The Morgan fingerprint density at radius 2 is 2.18 bits per heavy atom. The lowest BCUT2D eigenvalue weighted by Crippen LogP contribution is -2.41. The lowest BCUT2D eigenvalue weighted by Gasteiger charge is -2.29. The minimum atomic E-state index is -0.398. The summed E-state index contributed by atoms with van der Waals surface area (Å²) in [5.41, 5.74) is 5.60. The van der Waals surface area contributed by atoms with Crippen molar-refractivity contribution in [3.63, 3.8) is 0 Å². The van der Waals surface area contributed by atoms with Gasteiger partial charge in [-0.15, -0.1) is 0 Å². The highest BCUT2D eigenvalue weighted by molar-refractivity contribution is 5.78. The van der Waals surface area contributed by atoms with Gasteiger partial charge in [-0.05, 0) is 26.2 Å². The van der Waals surface area contributed by atoms with Gasteiger partial charge in [0.05, 0.1) is 6.10 Å². The molecule has 1 saturated carbocycles. The first-order valence-corrected chi connectivity index (χ1v) is 4.05. The molecule has 0 aromatic heterocycles. The van der Waals surface area contributed by atoms with Gasteiger partial charge in [-0.1, -0.05) is 0 Å². The van der Waals surface area contributed by atoms with E-state index in [1.807, 2.05) is 0 Å². The number of aliphatic hydroxyl groups excluding tert-OH is 1. The first kappa shape index (κ1) is 8.68. The fourth-order valence-corrected chi connectivity index (χ4v) is 1.56. The van der Waals surface area contributed by atoms with Gasteiger partial charge in [-0.25, -0.2) is 0 Å². The topological polar surface area (TPSA) is 63.3 Å². The minimum Gasteiger partial charge on any atom is -0.392 e. The highest BCUT2D eigenvalue weighted by Gasteiger charge is 2.28.